The van der Waals surface area contributed by atoms with Crippen molar-refractivity contribution in [2.45, 2.75) is 51.2 Å². The Morgan fingerprint density at radius 2 is 2.29 bits per heavy atom. The van der Waals surface area contributed by atoms with E-state index in [0.29, 0.717) is 12.0 Å². The Labute approximate surface area is 127 Å². The topological polar surface area (TPSA) is 43.6 Å². The van der Waals surface area contributed by atoms with Crippen LogP contribution in [0.15, 0.2) is 16.7 Å². The van der Waals surface area contributed by atoms with E-state index in [0.717, 1.165) is 57.8 Å². The van der Waals surface area contributed by atoms with Crippen molar-refractivity contribution in [1.29, 1.82) is 0 Å². The Balaban J connectivity index is 1.80. The Morgan fingerprint density at radius 1 is 1.38 bits per heavy atom. The zero-order valence-corrected chi connectivity index (χ0v) is 13.2. The second-order valence-electron chi connectivity index (χ2n) is 6.27. The largest absolute Gasteiger partial charge is 0.469 e. The zero-order valence-electron chi connectivity index (χ0n) is 13.2. The fourth-order valence-electron chi connectivity index (χ4n) is 3.88. The minimum atomic E-state index is -0.0350. The molecule has 118 valence electrons. The molecule has 0 bridgehead atoms. The smallest absolute Gasteiger partial charge is 0.108 e. The molecule has 3 unspecified atom stereocenters. The lowest BCUT2D eigenvalue weighted by Gasteiger charge is -2.40. The lowest BCUT2D eigenvalue weighted by molar-refractivity contribution is -0.103. The first kappa shape index (κ1) is 15.1. The van der Waals surface area contributed by atoms with Crippen molar-refractivity contribution in [3.63, 3.8) is 0 Å². The van der Waals surface area contributed by atoms with E-state index in [4.69, 9.17) is 13.9 Å². The quantitative estimate of drug-likeness (QED) is 0.906. The van der Waals surface area contributed by atoms with Crippen LogP contribution in [0.4, 0.5) is 0 Å². The predicted molar refractivity (Wildman–Crippen MR) is 81.3 cm³/mol. The molecule has 3 atom stereocenters. The lowest BCUT2D eigenvalue weighted by Crippen LogP contribution is -2.44. The number of nitrogens with one attached hydrogen (secondary N) is 1. The number of aryl methyl sites for hydroxylation is 1. The summed E-state index contributed by atoms with van der Waals surface area (Å²) < 4.78 is 17.3. The molecule has 2 fully saturated rings. The maximum Gasteiger partial charge on any atom is 0.108 e. The molecule has 21 heavy (non-hydrogen) atoms. The number of ether oxygens (including phenoxy) is 2. The van der Waals surface area contributed by atoms with Gasteiger partial charge in [0.25, 0.3) is 0 Å². The van der Waals surface area contributed by atoms with Crippen LogP contribution in [-0.4, -0.2) is 32.0 Å². The standard InChI is InChI=1S/C17H27NO3/c1-3-15-14(6-8-20-15)16(18-4-2)13-5-9-21-17(11-13)7-10-19-12-17/h6,8,13,16,18H,3-5,7,9-12H2,1-2H3. The van der Waals surface area contributed by atoms with Crippen LogP contribution in [-0.2, 0) is 15.9 Å². The molecule has 0 radical (unpaired) electrons. The second-order valence-corrected chi connectivity index (χ2v) is 6.27. The number of hydrogen-bond acceptors (Lipinski definition) is 4. The van der Waals surface area contributed by atoms with Crippen molar-refractivity contribution in [2.75, 3.05) is 26.4 Å². The van der Waals surface area contributed by atoms with Crippen LogP contribution in [0.25, 0.3) is 0 Å². The van der Waals surface area contributed by atoms with Gasteiger partial charge in [-0.2, -0.15) is 0 Å². The molecule has 0 aromatic carbocycles. The summed E-state index contributed by atoms with van der Waals surface area (Å²) in [7, 11) is 0. The average molecular weight is 293 g/mol. The molecular formula is C17H27NO3. The Morgan fingerprint density at radius 3 is 3.00 bits per heavy atom. The lowest BCUT2D eigenvalue weighted by atomic mass is 9.79. The SMILES string of the molecule is CCNC(c1ccoc1CC)C1CCOC2(CCOC2)C1. The fourth-order valence-corrected chi connectivity index (χ4v) is 3.88. The fraction of sp³-hybridized carbons (Fsp3) is 0.765. The summed E-state index contributed by atoms with van der Waals surface area (Å²) in [6.07, 6.45) is 6.00. The summed E-state index contributed by atoms with van der Waals surface area (Å²) >= 11 is 0. The van der Waals surface area contributed by atoms with Gasteiger partial charge in [-0.3, -0.25) is 0 Å². The van der Waals surface area contributed by atoms with Crippen molar-refractivity contribution in [3.05, 3.63) is 23.7 Å². The van der Waals surface area contributed by atoms with Crippen molar-refractivity contribution < 1.29 is 13.9 Å². The van der Waals surface area contributed by atoms with Crippen LogP contribution >= 0.6 is 0 Å². The van der Waals surface area contributed by atoms with Crippen LogP contribution in [0.5, 0.6) is 0 Å². The van der Waals surface area contributed by atoms with E-state index < -0.39 is 0 Å². The molecule has 4 nitrogen and oxygen atoms in total. The molecule has 2 aliphatic heterocycles. The van der Waals surface area contributed by atoms with Gasteiger partial charge in [0.2, 0.25) is 0 Å². The van der Waals surface area contributed by atoms with Gasteiger partial charge in [0, 0.05) is 37.7 Å². The molecule has 1 spiro atoms. The molecule has 3 heterocycles. The third-order valence-corrected chi connectivity index (χ3v) is 4.93. The number of hydrogen-bond donors (Lipinski definition) is 1. The summed E-state index contributed by atoms with van der Waals surface area (Å²) in [5, 5.41) is 3.68. The molecule has 1 aromatic heterocycles. The van der Waals surface area contributed by atoms with Crippen molar-refractivity contribution >= 4 is 0 Å². The number of furan rings is 1. The highest BCUT2D eigenvalue weighted by atomic mass is 16.6. The number of rotatable bonds is 5. The Hall–Kier alpha value is -0.840. The molecule has 4 heteroatoms. The highest BCUT2D eigenvalue weighted by Crippen LogP contribution is 2.41. The molecular weight excluding hydrogens is 266 g/mol. The van der Waals surface area contributed by atoms with Gasteiger partial charge in [-0.25, -0.2) is 0 Å². The molecule has 0 amide bonds. The predicted octanol–water partition coefficient (Wildman–Crippen LogP) is 3.08. The first-order chi connectivity index (χ1) is 10.3. The van der Waals surface area contributed by atoms with Gasteiger partial charge >= 0.3 is 0 Å². The Bertz CT molecular complexity index is 451. The Kier molecular flexibility index (Phi) is 4.67. The minimum absolute atomic E-state index is 0.0350. The van der Waals surface area contributed by atoms with Gasteiger partial charge < -0.3 is 19.2 Å². The summed E-state index contributed by atoms with van der Waals surface area (Å²) in [5.41, 5.74) is 1.30. The average Bonchev–Trinajstić information content (AvgIpc) is 3.14. The molecule has 2 aliphatic rings. The first-order valence-corrected chi connectivity index (χ1v) is 8.29. The highest BCUT2D eigenvalue weighted by Gasteiger charge is 2.43. The van der Waals surface area contributed by atoms with E-state index in [1.165, 1.54) is 5.56 Å². The molecule has 2 saturated heterocycles. The summed E-state index contributed by atoms with van der Waals surface area (Å²) in [6.45, 7) is 7.74. The van der Waals surface area contributed by atoms with E-state index >= 15 is 0 Å². The van der Waals surface area contributed by atoms with E-state index in [9.17, 15) is 0 Å². The molecule has 1 N–H and O–H groups in total. The highest BCUT2D eigenvalue weighted by molar-refractivity contribution is 5.23. The zero-order chi connectivity index (χ0) is 14.7. The maximum absolute atomic E-state index is 6.08. The summed E-state index contributed by atoms with van der Waals surface area (Å²) in [5.74, 6) is 1.70. The van der Waals surface area contributed by atoms with E-state index in [-0.39, 0.29) is 5.60 Å². The van der Waals surface area contributed by atoms with E-state index in [1.807, 2.05) is 6.26 Å². The normalized spacial score (nSPS) is 30.9. The van der Waals surface area contributed by atoms with Crippen LogP contribution in [0.2, 0.25) is 0 Å². The molecule has 1 aromatic rings. The van der Waals surface area contributed by atoms with Crippen LogP contribution in [0.1, 0.15) is 50.5 Å². The van der Waals surface area contributed by atoms with Crippen LogP contribution in [0.3, 0.4) is 0 Å². The van der Waals surface area contributed by atoms with Crippen molar-refractivity contribution in [2.24, 2.45) is 5.92 Å². The third kappa shape index (κ3) is 3.03. The first-order valence-electron chi connectivity index (χ1n) is 8.29. The van der Waals surface area contributed by atoms with Gasteiger partial charge in [-0.15, -0.1) is 0 Å². The molecule has 0 saturated carbocycles. The van der Waals surface area contributed by atoms with Gasteiger partial charge in [-0.1, -0.05) is 13.8 Å². The minimum Gasteiger partial charge on any atom is -0.469 e. The molecule has 0 aliphatic carbocycles. The van der Waals surface area contributed by atoms with Gasteiger partial charge in [0.05, 0.1) is 18.5 Å². The summed E-state index contributed by atoms with van der Waals surface area (Å²) in [6, 6.07) is 2.50. The maximum atomic E-state index is 6.08. The summed E-state index contributed by atoms with van der Waals surface area (Å²) in [4.78, 5) is 0. The van der Waals surface area contributed by atoms with Crippen molar-refractivity contribution in [3.8, 4) is 0 Å². The van der Waals surface area contributed by atoms with Crippen molar-refractivity contribution in [1.82, 2.24) is 5.32 Å². The van der Waals surface area contributed by atoms with Gasteiger partial charge in [-0.05, 0) is 31.4 Å². The third-order valence-electron chi connectivity index (χ3n) is 4.93. The molecule has 3 rings (SSSR count). The van der Waals surface area contributed by atoms with Crippen LogP contribution < -0.4 is 5.32 Å². The van der Waals surface area contributed by atoms with E-state index in [1.54, 1.807) is 0 Å². The second kappa shape index (κ2) is 6.51. The van der Waals surface area contributed by atoms with Gasteiger partial charge in [0.15, 0.2) is 0 Å². The van der Waals surface area contributed by atoms with Gasteiger partial charge in [0.1, 0.15) is 5.76 Å². The monoisotopic (exact) mass is 293 g/mol. The van der Waals surface area contributed by atoms with Crippen LogP contribution in [0, 0.1) is 5.92 Å². The van der Waals surface area contributed by atoms with E-state index in [2.05, 4.69) is 25.2 Å².